The first kappa shape index (κ1) is 20.2. The number of benzene rings is 1. The van der Waals surface area contributed by atoms with Crippen LogP contribution in [-0.4, -0.2) is 31.7 Å². The van der Waals surface area contributed by atoms with Crippen LogP contribution in [0.1, 0.15) is 16.0 Å². The Kier molecular flexibility index (Phi) is 5.87. The summed E-state index contributed by atoms with van der Waals surface area (Å²) in [7, 11) is 3.27. The summed E-state index contributed by atoms with van der Waals surface area (Å²) in [6, 6.07) is 13.8. The van der Waals surface area contributed by atoms with E-state index in [1.807, 2.05) is 30.3 Å². The zero-order chi connectivity index (χ0) is 21.0. The average molecular weight is 424 g/mol. The van der Waals surface area contributed by atoms with Crippen LogP contribution in [0.5, 0.6) is 11.5 Å². The number of nitrogens with one attached hydrogen (secondary N) is 2. The molecule has 2 aromatic heterocycles. The van der Waals surface area contributed by atoms with E-state index >= 15 is 0 Å². The second kappa shape index (κ2) is 8.73. The van der Waals surface area contributed by atoms with Gasteiger partial charge in [-0.15, -0.1) is 11.3 Å². The molecule has 0 saturated heterocycles. The summed E-state index contributed by atoms with van der Waals surface area (Å²) in [5, 5.41) is 8.73. The van der Waals surface area contributed by atoms with E-state index in [4.69, 9.17) is 20.2 Å². The molecule has 1 aliphatic heterocycles. The van der Waals surface area contributed by atoms with Crippen molar-refractivity contribution in [3.63, 3.8) is 0 Å². The summed E-state index contributed by atoms with van der Waals surface area (Å²) in [5.41, 5.74) is 7.87. The van der Waals surface area contributed by atoms with Crippen LogP contribution in [-0.2, 0) is 18.5 Å². The van der Waals surface area contributed by atoms with Crippen molar-refractivity contribution in [2.75, 3.05) is 26.1 Å². The highest BCUT2D eigenvalue weighted by atomic mass is 32.1. The van der Waals surface area contributed by atoms with E-state index in [1.54, 1.807) is 31.8 Å². The van der Waals surface area contributed by atoms with Gasteiger partial charge in [0.2, 0.25) is 0 Å². The predicted octanol–water partition coefficient (Wildman–Crippen LogP) is 3.13. The number of guanidine groups is 1. The number of fused-ring (bicyclic) bond motifs is 1. The first-order valence-corrected chi connectivity index (χ1v) is 10.6. The minimum absolute atomic E-state index is 0.505. The maximum absolute atomic E-state index is 6.89. The standard InChI is InChI=1S/C22H25N5O2S/c1-28-16-11-15(12-17(13-16)29-2)14-22(23)19-6-3-8-24-20(19)26-21(27-22)25-9-7-18-5-4-10-30-18/h3-6,8,10-13H,7,9,14,23H2,1-2H3,(H2,24,25,26,27). The lowest BCUT2D eigenvalue weighted by Crippen LogP contribution is -2.59. The van der Waals surface area contributed by atoms with Crippen LogP contribution >= 0.6 is 11.3 Å². The molecule has 7 nitrogen and oxygen atoms in total. The molecule has 3 heterocycles. The molecular formula is C22H25N5O2S. The van der Waals surface area contributed by atoms with Gasteiger partial charge in [0.1, 0.15) is 23.0 Å². The highest BCUT2D eigenvalue weighted by Crippen LogP contribution is 2.32. The van der Waals surface area contributed by atoms with Crippen molar-refractivity contribution in [3.05, 3.63) is 70.0 Å². The van der Waals surface area contributed by atoms with Gasteiger partial charge >= 0.3 is 0 Å². The number of nitrogens with zero attached hydrogens (tertiary/aromatic N) is 2. The molecule has 1 atom stereocenters. The van der Waals surface area contributed by atoms with Gasteiger partial charge in [0.25, 0.3) is 0 Å². The summed E-state index contributed by atoms with van der Waals surface area (Å²) < 4.78 is 10.8. The molecule has 156 valence electrons. The Morgan fingerprint density at radius 3 is 2.63 bits per heavy atom. The highest BCUT2D eigenvalue weighted by molar-refractivity contribution is 7.09. The van der Waals surface area contributed by atoms with E-state index in [0.717, 1.165) is 29.0 Å². The van der Waals surface area contributed by atoms with E-state index < -0.39 is 5.66 Å². The van der Waals surface area contributed by atoms with Gasteiger partial charge < -0.3 is 25.8 Å². The third-order valence-electron chi connectivity index (χ3n) is 4.97. The Labute approximate surface area is 180 Å². The van der Waals surface area contributed by atoms with Gasteiger partial charge in [-0.1, -0.05) is 12.1 Å². The van der Waals surface area contributed by atoms with Gasteiger partial charge in [0.15, 0.2) is 5.96 Å². The van der Waals surface area contributed by atoms with Crippen LogP contribution in [0, 0.1) is 0 Å². The lowest BCUT2D eigenvalue weighted by molar-refractivity contribution is 0.383. The molecule has 0 bridgehead atoms. The van der Waals surface area contributed by atoms with E-state index in [2.05, 4.69) is 33.1 Å². The maximum Gasteiger partial charge on any atom is 0.198 e. The van der Waals surface area contributed by atoms with Gasteiger partial charge in [-0.05, 0) is 35.2 Å². The monoisotopic (exact) mass is 423 g/mol. The van der Waals surface area contributed by atoms with Gasteiger partial charge in [-0.25, -0.2) is 4.98 Å². The fraction of sp³-hybridized carbons (Fsp3) is 0.273. The zero-order valence-electron chi connectivity index (χ0n) is 17.0. The first-order chi connectivity index (χ1) is 14.6. The third kappa shape index (κ3) is 4.39. The smallest absolute Gasteiger partial charge is 0.198 e. The molecule has 1 aliphatic rings. The molecule has 8 heteroatoms. The van der Waals surface area contributed by atoms with Crippen LogP contribution < -0.4 is 25.8 Å². The Hall–Kier alpha value is -3.10. The number of aliphatic imine (C=N–C) groups is 1. The minimum Gasteiger partial charge on any atom is -0.497 e. The van der Waals surface area contributed by atoms with E-state index in [1.165, 1.54) is 4.88 Å². The Bertz CT molecular complexity index is 1020. The lowest BCUT2D eigenvalue weighted by atomic mass is 9.91. The summed E-state index contributed by atoms with van der Waals surface area (Å²) >= 11 is 1.74. The molecule has 1 unspecified atom stereocenters. The van der Waals surface area contributed by atoms with Gasteiger partial charge in [-0.2, -0.15) is 0 Å². The summed E-state index contributed by atoms with van der Waals surface area (Å²) in [6.07, 6.45) is 3.13. The van der Waals surface area contributed by atoms with Gasteiger partial charge in [0, 0.05) is 42.1 Å². The number of pyridine rings is 1. The van der Waals surface area contributed by atoms with Crippen molar-refractivity contribution >= 4 is 23.1 Å². The summed E-state index contributed by atoms with van der Waals surface area (Å²) in [6.45, 7) is 0.654. The van der Waals surface area contributed by atoms with Crippen molar-refractivity contribution in [3.8, 4) is 11.5 Å². The first-order valence-electron chi connectivity index (χ1n) is 9.68. The number of hydrogen-bond donors (Lipinski definition) is 3. The molecule has 0 fully saturated rings. The van der Waals surface area contributed by atoms with E-state index in [9.17, 15) is 0 Å². The maximum atomic E-state index is 6.89. The van der Waals surface area contributed by atoms with Crippen molar-refractivity contribution in [2.24, 2.45) is 10.7 Å². The van der Waals surface area contributed by atoms with Crippen molar-refractivity contribution < 1.29 is 9.47 Å². The normalized spacial score (nSPS) is 19.0. The number of anilines is 1. The number of methoxy groups -OCH3 is 2. The van der Waals surface area contributed by atoms with Crippen LogP contribution in [0.25, 0.3) is 0 Å². The summed E-state index contributed by atoms with van der Waals surface area (Å²) in [4.78, 5) is 10.5. The van der Waals surface area contributed by atoms with Crippen molar-refractivity contribution in [1.29, 1.82) is 0 Å². The molecule has 0 spiro atoms. The average Bonchev–Trinajstić information content (AvgIpc) is 3.27. The van der Waals surface area contributed by atoms with Gasteiger partial charge in [0.05, 0.1) is 14.2 Å². The fourth-order valence-corrected chi connectivity index (χ4v) is 4.23. The predicted molar refractivity (Wildman–Crippen MR) is 120 cm³/mol. The second-order valence-electron chi connectivity index (χ2n) is 7.08. The number of ether oxygens (including phenoxy) is 2. The molecule has 0 saturated carbocycles. The van der Waals surface area contributed by atoms with Crippen molar-refractivity contribution in [1.82, 2.24) is 10.3 Å². The summed E-state index contributed by atoms with van der Waals surface area (Å²) in [5.74, 6) is 2.77. The molecule has 0 amide bonds. The Morgan fingerprint density at radius 2 is 1.93 bits per heavy atom. The fourth-order valence-electron chi connectivity index (χ4n) is 3.53. The Balaban J connectivity index is 1.61. The highest BCUT2D eigenvalue weighted by Gasteiger charge is 2.36. The molecule has 4 rings (SSSR count). The number of rotatable bonds is 7. The number of thiophene rings is 1. The molecule has 4 N–H and O–H groups in total. The van der Waals surface area contributed by atoms with E-state index in [-0.39, 0.29) is 0 Å². The SMILES string of the molecule is COc1cc(CC2(N)NC(=NCCc3cccs3)Nc3ncccc32)cc(OC)c1. The zero-order valence-corrected chi connectivity index (χ0v) is 17.8. The van der Waals surface area contributed by atoms with Crippen LogP contribution in [0.15, 0.2) is 59.0 Å². The second-order valence-corrected chi connectivity index (χ2v) is 8.11. The molecule has 0 aliphatic carbocycles. The lowest BCUT2D eigenvalue weighted by Gasteiger charge is -2.38. The molecule has 30 heavy (non-hydrogen) atoms. The number of hydrogen-bond acceptors (Lipinski definition) is 6. The molecular weight excluding hydrogens is 398 g/mol. The number of aromatic nitrogens is 1. The van der Waals surface area contributed by atoms with Crippen molar-refractivity contribution in [2.45, 2.75) is 18.5 Å². The number of nitrogens with two attached hydrogens (primary N) is 1. The van der Waals surface area contributed by atoms with Crippen LogP contribution in [0.4, 0.5) is 5.82 Å². The van der Waals surface area contributed by atoms with E-state index in [0.29, 0.717) is 24.7 Å². The topological polar surface area (TPSA) is 93.8 Å². The van der Waals surface area contributed by atoms with Gasteiger partial charge in [-0.3, -0.25) is 4.99 Å². The minimum atomic E-state index is -0.881. The molecule has 1 aromatic carbocycles. The third-order valence-corrected chi connectivity index (χ3v) is 5.91. The van der Waals surface area contributed by atoms with Crippen LogP contribution in [0.2, 0.25) is 0 Å². The largest absolute Gasteiger partial charge is 0.497 e. The Morgan fingerprint density at radius 1 is 1.13 bits per heavy atom. The molecule has 3 aromatic rings. The molecule has 0 radical (unpaired) electrons. The quantitative estimate of drug-likeness (QED) is 0.541. The van der Waals surface area contributed by atoms with Crippen LogP contribution in [0.3, 0.4) is 0 Å².